The van der Waals surface area contributed by atoms with Crippen LogP contribution in [-0.4, -0.2) is 24.3 Å². The molecule has 3 nitrogen and oxygen atoms in total. The van der Waals surface area contributed by atoms with Crippen LogP contribution in [0.15, 0.2) is 42.2 Å². The molecule has 0 aromatic rings. The lowest BCUT2D eigenvalue weighted by Crippen LogP contribution is -1.92. The van der Waals surface area contributed by atoms with Crippen LogP contribution < -0.4 is 0 Å². The number of unbranched alkanes of at least 4 members (excludes halogenated alkanes) is 3. The lowest BCUT2D eigenvalue weighted by atomic mass is 10.2. The Morgan fingerprint density at radius 2 is 1.90 bits per heavy atom. The molecule has 0 atom stereocenters. The number of carboxylic acids is 1. The van der Waals surface area contributed by atoms with Gasteiger partial charge in [-0.1, -0.05) is 44.1 Å². The molecule has 0 bridgehead atoms. The molecule has 0 heterocycles. The van der Waals surface area contributed by atoms with Crippen molar-refractivity contribution in [3.63, 3.8) is 0 Å². The second-order valence-corrected chi connectivity index (χ2v) is 4.71. The Morgan fingerprint density at radius 1 is 1.10 bits per heavy atom. The van der Waals surface area contributed by atoms with E-state index in [4.69, 9.17) is 9.84 Å². The van der Waals surface area contributed by atoms with Crippen molar-refractivity contribution < 1.29 is 14.6 Å². The van der Waals surface area contributed by atoms with Gasteiger partial charge in [0, 0.05) is 0 Å². The van der Waals surface area contributed by atoms with Crippen molar-refractivity contribution in [3.8, 4) is 0 Å². The second kappa shape index (κ2) is 16.5. The summed E-state index contributed by atoms with van der Waals surface area (Å²) in [6.07, 6.45) is 18.7. The molecule has 0 rings (SSSR count). The monoisotopic (exact) mass is 292 g/mol. The summed E-state index contributed by atoms with van der Waals surface area (Å²) in [5, 5.41) is 8.41. The van der Waals surface area contributed by atoms with E-state index in [0.717, 1.165) is 12.8 Å². The highest BCUT2D eigenvalue weighted by atomic mass is 16.5. The Balaban J connectivity index is 3.36. The fourth-order valence-electron chi connectivity index (χ4n) is 1.58. The van der Waals surface area contributed by atoms with E-state index in [1.54, 1.807) is 6.08 Å². The molecule has 0 fully saturated rings. The molecule has 0 aliphatic heterocycles. The van der Waals surface area contributed by atoms with Gasteiger partial charge in [0.2, 0.25) is 0 Å². The smallest absolute Gasteiger partial charge is 0.307 e. The summed E-state index contributed by atoms with van der Waals surface area (Å²) in [6, 6.07) is 0. The van der Waals surface area contributed by atoms with Crippen LogP contribution in [0.25, 0.3) is 0 Å². The molecule has 0 radical (unpaired) electrons. The number of rotatable bonds is 13. The predicted octanol–water partition coefficient (Wildman–Crippen LogP) is 4.66. The largest absolute Gasteiger partial charge is 0.481 e. The van der Waals surface area contributed by atoms with Crippen molar-refractivity contribution >= 4 is 5.97 Å². The molecule has 0 unspecified atom stereocenters. The maximum Gasteiger partial charge on any atom is 0.307 e. The summed E-state index contributed by atoms with van der Waals surface area (Å²) in [5.74, 6) is -0.836. The van der Waals surface area contributed by atoms with E-state index < -0.39 is 5.97 Å². The first-order valence-electron chi connectivity index (χ1n) is 7.76. The standard InChI is InChI=1S/C18H28O3/c1-2-3-4-5-6-7-8-10-13-16-21-17-14-11-9-12-15-18(19)20/h6-7,10-13H,2-5,8,14-17H2,1H3,(H,19,20)/b7-6-,13-10-. The van der Waals surface area contributed by atoms with E-state index in [1.165, 1.54) is 31.8 Å². The van der Waals surface area contributed by atoms with E-state index in [1.807, 2.05) is 6.08 Å². The highest BCUT2D eigenvalue weighted by Crippen LogP contribution is 2.00. The fourth-order valence-corrected chi connectivity index (χ4v) is 1.58. The van der Waals surface area contributed by atoms with Crippen LogP contribution in [0.2, 0.25) is 0 Å². The maximum absolute atomic E-state index is 10.2. The molecular formula is C18H28O3. The van der Waals surface area contributed by atoms with Crippen LogP contribution in [-0.2, 0) is 9.53 Å². The molecule has 0 amide bonds. The van der Waals surface area contributed by atoms with Crippen LogP contribution in [0.5, 0.6) is 0 Å². The van der Waals surface area contributed by atoms with Crippen molar-refractivity contribution in [2.75, 3.05) is 13.2 Å². The van der Waals surface area contributed by atoms with Gasteiger partial charge in [0.15, 0.2) is 0 Å². The zero-order valence-corrected chi connectivity index (χ0v) is 13.1. The normalized spacial score (nSPS) is 10.9. The van der Waals surface area contributed by atoms with Gasteiger partial charge in [0.25, 0.3) is 0 Å². The highest BCUT2D eigenvalue weighted by Gasteiger charge is 1.87. The number of carbonyl (C=O) groups is 1. The van der Waals surface area contributed by atoms with E-state index in [9.17, 15) is 4.79 Å². The number of carboxylic acid groups (broad SMARTS) is 1. The minimum Gasteiger partial charge on any atom is -0.481 e. The number of allylic oxidation sites excluding steroid dienone is 3. The van der Waals surface area contributed by atoms with Crippen LogP contribution in [0.3, 0.4) is 0 Å². The van der Waals surface area contributed by atoms with Gasteiger partial charge in [0.1, 0.15) is 0 Å². The molecule has 1 N–H and O–H groups in total. The van der Waals surface area contributed by atoms with E-state index in [2.05, 4.69) is 30.9 Å². The first-order valence-corrected chi connectivity index (χ1v) is 7.76. The molecule has 0 aliphatic carbocycles. The number of ether oxygens (including phenoxy) is 1. The lowest BCUT2D eigenvalue weighted by molar-refractivity contribution is -0.135. The van der Waals surface area contributed by atoms with Gasteiger partial charge in [-0.3, -0.25) is 4.79 Å². The Hall–Kier alpha value is -1.57. The molecular weight excluding hydrogens is 264 g/mol. The molecule has 3 heteroatoms. The Bertz CT molecular complexity index is 361. The Kier molecular flexibility index (Phi) is 15.3. The number of hydrogen-bond donors (Lipinski definition) is 1. The van der Waals surface area contributed by atoms with E-state index in [0.29, 0.717) is 13.2 Å². The van der Waals surface area contributed by atoms with Gasteiger partial charge in [0.05, 0.1) is 19.6 Å². The summed E-state index contributed by atoms with van der Waals surface area (Å²) in [7, 11) is 0. The van der Waals surface area contributed by atoms with E-state index in [-0.39, 0.29) is 6.42 Å². The highest BCUT2D eigenvalue weighted by molar-refractivity contribution is 5.68. The van der Waals surface area contributed by atoms with Crippen LogP contribution >= 0.6 is 0 Å². The minimum absolute atomic E-state index is 0.0199. The van der Waals surface area contributed by atoms with Crippen LogP contribution in [0.4, 0.5) is 0 Å². The third-order valence-corrected chi connectivity index (χ3v) is 2.71. The molecule has 0 aromatic carbocycles. The number of hydrogen-bond acceptors (Lipinski definition) is 2. The van der Waals surface area contributed by atoms with Crippen LogP contribution in [0, 0.1) is 0 Å². The molecule has 0 aromatic heterocycles. The van der Waals surface area contributed by atoms with Crippen LogP contribution in [0.1, 0.15) is 51.9 Å². The Labute approximate surface area is 128 Å². The fraction of sp³-hybridized carbons (Fsp3) is 0.556. The molecule has 0 spiro atoms. The van der Waals surface area contributed by atoms with E-state index >= 15 is 0 Å². The molecule has 21 heavy (non-hydrogen) atoms. The van der Waals surface area contributed by atoms with Crippen molar-refractivity contribution in [2.45, 2.75) is 51.9 Å². The lowest BCUT2D eigenvalue weighted by Gasteiger charge is -1.95. The van der Waals surface area contributed by atoms with Gasteiger partial charge in [-0.15, -0.1) is 5.73 Å². The zero-order valence-electron chi connectivity index (χ0n) is 13.1. The summed E-state index contributed by atoms with van der Waals surface area (Å²) in [4.78, 5) is 10.2. The zero-order chi connectivity index (χ0) is 15.6. The topological polar surface area (TPSA) is 46.5 Å². The van der Waals surface area contributed by atoms with Gasteiger partial charge in [-0.25, -0.2) is 0 Å². The first kappa shape index (κ1) is 19.4. The summed E-state index contributed by atoms with van der Waals surface area (Å²) >= 11 is 0. The minimum atomic E-state index is -0.836. The average molecular weight is 292 g/mol. The third kappa shape index (κ3) is 18.4. The van der Waals surface area contributed by atoms with Crippen molar-refractivity contribution in [1.82, 2.24) is 0 Å². The van der Waals surface area contributed by atoms with Crippen molar-refractivity contribution in [3.05, 3.63) is 42.2 Å². The maximum atomic E-state index is 10.2. The Morgan fingerprint density at radius 3 is 2.67 bits per heavy atom. The molecule has 0 aliphatic rings. The second-order valence-electron chi connectivity index (χ2n) is 4.71. The van der Waals surface area contributed by atoms with Crippen molar-refractivity contribution in [2.24, 2.45) is 0 Å². The van der Waals surface area contributed by atoms with Crippen molar-refractivity contribution in [1.29, 1.82) is 0 Å². The SMILES string of the molecule is CCCCC/C=C\C/C=C\COCCC=C=CCC(=O)O. The quantitative estimate of drug-likeness (QED) is 0.305. The summed E-state index contributed by atoms with van der Waals surface area (Å²) in [5.41, 5.74) is 2.82. The summed E-state index contributed by atoms with van der Waals surface area (Å²) in [6.45, 7) is 3.47. The van der Waals surface area contributed by atoms with Gasteiger partial charge in [-0.2, -0.15) is 0 Å². The predicted molar refractivity (Wildman–Crippen MR) is 87.4 cm³/mol. The molecule has 0 saturated carbocycles. The third-order valence-electron chi connectivity index (χ3n) is 2.71. The van der Waals surface area contributed by atoms with Gasteiger partial charge in [-0.05, 0) is 37.8 Å². The average Bonchev–Trinajstić information content (AvgIpc) is 2.46. The number of aliphatic carboxylic acids is 1. The molecule has 118 valence electrons. The summed E-state index contributed by atoms with van der Waals surface area (Å²) < 4.78 is 5.41. The van der Waals surface area contributed by atoms with Gasteiger partial charge < -0.3 is 9.84 Å². The first-order chi connectivity index (χ1) is 10.3. The van der Waals surface area contributed by atoms with Gasteiger partial charge >= 0.3 is 5.97 Å². The molecule has 0 saturated heterocycles.